The van der Waals surface area contributed by atoms with Crippen LogP contribution in [0.4, 0.5) is 4.79 Å². The van der Waals surface area contributed by atoms with Crippen molar-refractivity contribution in [3.63, 3.8) is 0 Å². The first-order chi connectivity index (χ1) is 4.72. The summed E-state index contributed by atoms with van der Waals surface area (Å²) >= 11 is 0. The molecule has 0 saturated heterocycles. The van der Waals surface area contributed by atoms with Gasteiger partial charge >= 0.3 is 6.09 Å². The van der Waals surface area contributed by atoms with Gasteiger partial charge in [0.05, 0.1) is 13.2 Å². The van der Waals surface area contributed by atoms with Crippen molar-refractivity contribution in [3.8, 4) is 0 Å². The van der Waals surface area contributed by atoms with Crippen LogP contribution in [0, 0.1) is 0 Å². The topological polar surface area (TPSA) is 70.0 Å². The summed E-state index contributed by atoms with van der Waals surface area (Å²) in [7, 11) is 0. The van der Waals surface area contributed by atoms with Crippen LogP contribution in [0.1, 0.15) is 6.92 Å². The Morgan fingerprint density at radius 2 is 2.30 bits per heavy atom. The van der Waals surface area contributed by atoms with Crippen LogP contribution in [0.5, 0.6) is 0 Å². The molecule has 1 amide bonds. The van der Waals surface area contributed by atoms with E-state index in [1.807, 2.05) is 0 Å². The van der Waals surface area contributed by atoms with Crippen molar-refractivity contribution >= 4 is 6.09 Å². The second kappa shape index (κ2) is 5.01. The van der Waals surface area contributed by atoms with E-state index in [1.165, 1.54) is 0 Å². The second-order valence-electron chi connectivity index (χ2n) is 1.53. The molecule has 0 aromatic heterocycles. The lowest BCUT2D eigenvalue weighted by atomic mass is 10.7. The Kier molecular flexibility index (Phi) is 4.61. The summed E-state index contributed by atoms with van der Waals surface area (Å²) in [4.78, 5) is 14.7. The van der Waals surface area contributed by atoms with E-state index in [-0.39, 0.29) is 19.8 Å². The molecule has 60 valence electrons. The second-order valence-corrected chi connectivity index (χ2v) is 1.53. The van der Waals surface area contributed by atoms with Crippen LogP contribution in [0.3, 0.4) is 0 Å². The van der Waals surface area contributed by atoms with Crippen LogP contribution in [0.25, 0.3) is 0 Å². The fourth-order valence-electron chi connectivity index (χ4n) is 0.433. The molecule has 0 aromatic carbocycles. The lowest BCUT2D eigenvalue weighted by molar-refractivity contribution is -0.135. The molecule has 5 heteroatoms. The zero-order chi connectivity index (χ0) is 7.98. The van der Waals surface area contributed by atoms with Gasteiger partial charge in [-0.05, 0) is 6.92 Å². The first-order valence-corrected chi connectivity index (χ1v) is 2.96. The number of carbonyl (C=O) groups is 1. The van der Waals surface area contributed by atoms with Crippen LogP contribution >= 0.6 is 0 Å². The zero-order valence-electron chi connectivity index (χ0n) is 5.78. The minimum absolute atomic E-state index is 0.0140. The summed E-state index contributed by atoms with van der Waals surface area (Å²) in [6, 6.07) is 0. The summed E-state index contributed by atoms with van der Waals surface area (Å²) < 4.78 is 0. The van der Waals surface area contributed by atoms with E-state index in [0.29, 0.717) is 0 Å². The zero-order valence-corrected chi connectivity index (χ0v) is 5.78. The highest BCUT2D eigenvalue weighted by Crippen LogP contribution is 1.89. The van der Waals surface area contributed by atoms with Crippen LogP contribution in [-0.4, -0.2) is 41.1 Å². The SMILES string of the molecule is CCN(OCCO)C(=O)O. The van der Waals surface area contributed by atoms with Crippen molar-refractivity contribution in [3.05, 3.63) is 0 Å². The number of hydrogen-bond donors (Lipinski definition) is 2. The van der Waals surface area contributed by atoms with E-state index in [4.69, 9.17) is 10.2 Å². The maximum Gasteiger partial charge on any atom is 0.431 e. The third kappa shape index (κ3) is 3.26. The van der Waals surface area contributed by atoms with Crippen LogP contribution in [0.2, 0.25) is 0 Å². The van der Waals surface area contributed by atoms with Gasteiger partial charge < -0.3 is 10.2 Å². The molecular formula is C5H11NO4. The molecule has 5 nitrogen and oxygen atoms in total. The average Bonchev–Trinajstić information content (AvgIpc) is 1.89. The molecule has 0 rings (SSSR count). The largest absolute Gasteiger partial charge is 0.463 e. The van der Waals surface area contributed by atoms with E-state index in [1.54, 1.807) is 6.92 Å². The van der Waals surface area contributed by atoms with Gasteiger partial charge in [-0.15, -0.1) is 0 Å². The maximum absolute atomic E-state index is 10.2. The molecule has 0 atom stereocenters. The number of carboxylic acid groups (broad SMARTS) is 1. The monoisotopic (exact) mass is 149 g/mol. The number of hydrogen-bond acceptors (Lipinski definition) is 3. The predicted molar refractivity (Wildman–Crippen MR) is 33.4 cm³/mol. The third-order valence-electron chi connectivity index (χ3n) is 0.839. The highest BCUT2D eigenvalue weighted by molar-refractivity contribution is 5.63. The molecule has 0 bridgehead atoms. The lowest BCUT2D eigenvalue weighted by Gasteiger charge is -2.14. The molecule has 0 aliphatic rings. The molecule has 0 aromatic rings. The predicted octanol–water partition coefficient (Wildman–Crippen LogP) is -0.0898. The van der Waals surface area contributed by atoms with E-state index >= 15 is 0 Å². The van der Waals surface area contributed by atoms with Gasteiger partial charge in [0, 0.05) is 6.54 Å². The van der Waals surface area contributed by atoms with Gasteiger partial charge in [-0.1, -0.05) is 0 Å². The molecule has 0 unspecified atom stereocenters. The Labute approximate surface area is 58.8 Å². The Bertz CT molecular complexity index is 106. The van der Waals surface area contributed by atoms with Crippen molar-refractivity contribution in [1.29, 1.82) is 0 Å². The van der Waals surface area contributed by atoms with Crippen molar-refractivity contribution in [2.24, 2.45) is 0 Å². The number of nitrogens with zero attached hydrogens (tertiary/aromatic N) is 1. The van der Waals surface area contributed by atoms with Gasteiger partial charge in [0.25, 0.3) is 0 Å². The average molecular weight is 149 g/mol. The molecule has 0 heterocycles. The fraction of sp³-hybridized carbons (Fsp3) is 0.800. The number of rotatable bonds is 4. The maximum atomic E-state index is 10.2. The molecule has 0 aliphatic carbocycles. The lowest BCUT2D eigenvalue weighted by Crippen LogP contribution is -2.30. The van der Waals surface area contributed by atoms with Crippen LogP contribution in [-0.2, 0) is 4.84 Å². The molecule has 0 aliphatic heterocycles. The van der Waals surface area contributed by atoms with E-state index in [2.05, 4.69) is 4.84 Å². The summed E-state index contributed by atoms with van der Waals surface area (Å²) in [5, 5.41) is 17.3. The first-order valence-electron chi connectivity index (χ1n) is 2.96. The fourth-order valence-corrected chi connectivity index (χ4v) is 0.433. The van der Waals surface area contributed by atoms with Crippen LogP contribution in [0.15, 0.2) is 0 Å². The van der Waals surface area contributed by atoms with Gasteiger partial charge in [0.1, 0.15) is 0 Å². The number of hydroxylamine groups is 2. The Balaban J connectivity index is 3.50. The van der Waals surface area contributed by atoms with E-state index in [9.17, 15) is 4.79 Å². The van der Waals surface area contributed by atoms with Gasteiger partial charge in [0.2, 0.25) is 0 Å². The third-order valence-corrected chi connectivity index (χ3v) is 0.839. The molecule has 10 heavy (non-hydrogen) atoms. The van der Waals surface area contributed by atoms with E-state index in [0.717, 1.165) is 5.06 Å². The van der Waals surface area contributed by atoms with Crippen molar-refractivity contribution in [2.75, 3.05) is 19.8 Å². The summed E-state index contributed by atoms with van der Waals surface area (Å²) in [6.45, 7) is 1.74. The molecule has 2 N–H and O–H groups in total. The van der Waals surface area contributed by atoms with Crippen LogP contribution < -0.4 is 0 Å². The minimum Gasteiger partial charge on any atom is -0.463 e. The highest BCUT2D eigenvalue weighted by Gasteiger charge is 2.07. The Hall–Kier alpha value is -0.810. The summed E-state index contributed by atoms with van der Waals surface area (Å²) in [6.07, 6.45) is -1.14. The van der Waals surface area contributed by atoms with Crippen molar-refractivity contribution < 1.29 is 19.8 Å². The molecular weight excluding hydrogens is 138 g/mol. The minimum atomic E-state index is -1.14. The molecule has 0 spiro atoms. The Morgan fingerprint density at radius 1 is 1.70 bits per heavy atom. The van der Waals surface area contributed by atoms with Gasteiger partial charge in [-0.2, -0.15) is 5.06 Å². The molecule has 0 fully saturated rings. The molecule has 0 saturated carbocycles. The van der Waals surface area contributed by atoms with Crippen molar-refractivity contribution in [2.45, 2.75) is 6.92 Å². The quantitative estimate of drug-likeness (QED) is 0.548. The summed E-state index contributed by atoms with van der Waals surface area (Å²) in [5.74, 6) is 0. The number of aliphatic hydroxyl groups is 1. The molecule has 0 radical (unpaired) electrons. The standard InChI is InChI=1S/C5H11NO4/c1-2-6(5(8)9)10-4-3-7/h7H,2-4H2,1H3,(H,8,9). The number of aliphatic hydroxyl groups excluding tert-OH is 1. The highest BCUT2D eigenvalue weighted by atomic mass is 16.7. The first kappa shape index (κ1) is 9.19. The van der Waals surface area contributed by atoms with E-state index < -0.39 is 6.09 Å². The Morgan fingerprint density at radius 3 is 2.60 bits per heavy atom. The van der Waals surface area contributed by atoms with Gasteiger partial charge in [-0.25, -0.2) is 4.79 Å². The van der Waals surface area contributed by atoms with Gasteiger partial charge in [0.15, 0.2) is 0 Å². The normalized spacial score (nSPS) is 9.40. The smallest absolute Gasteiger partial charge is 0.431 e. The van der Waals surface area contributed by atoms with Crippen molar-refractivity contribution in [1.82, 2.24) is 5.06 Å². The summed E-state index contributed by atoms with van der Waals surface area (Å²) in [5.41, 5.74) is 0. The van der Waals surface area contributed by atoms with Gasteiger partial charge in [-0.3, -0.25) is 4.84 Å². The number of amides is 1.